The van der Waals surface area contributed by atoms with Gasteiger partial charge in [-0.15, -0.1) is 0 Å². The molecule has 0 amide bonds. The summed E-state index contributed by atoms with van der Waals surface area (Å²) in [6, 6.07) is 0.398. The maximum Gasteiger partial charge on any atom is 0.231 e. The van der Waals surface area contributed by atoms with E-state index in [0.717, 1.165) is 43.9 Å². The lowest BCUT2D eigenvalue weighted by molar-refractivity contribution is 0.0996. The second kappa shape index (κ2) is 6.44. The van der Waals surface area contributed by atoms with E-state index in [1.165, 1.54) is 6.42 Å². The van der Waals surface area contributed by atoms with Gasteiger partial charge in [-0.1, -0.05) is 25.9 Å². The number of nitrogens with one attached hydrogen (secondary N) is 1. The van der Waals surface area contributed by atoms with Gasteiger partial charge >= 0.3 is 0 Å². The van der Waals surface area contributed by atoms with Crippen molar-refractivity contribution in [2.75, 3.05) is 6.54 Å². The van der Waals surface area contributed by atoms with Crippen molar-refractivity contribution >= 4 is 0 Å². The summed E-state index contributed by atoms with van der Waals surface area (Å²) in [5.41, 5.74) is 0. The molecule has 2 fully saturated rings. The molecular formula is C16H27N3O2. The fraction of sp³-hybridized carbons (Fsp3) is 0.875. The maximum absolute atomic E-state index is 5.90. The molecule has 21 heavy (non-hydrogen) atoms. The molecule has 1 aromatic heterocycles. The van der Waals surface area contributed by atoms with Crippen molar-refractivity contribution in [3.05, 3.63) is 11.7 Å². The largest absolute Gasteiger partial charge is 0.374 e. The van der Waals surface area contributed by atoms with Crippen LogP contribution in [0.5, 0.6) is 0 Å². The van der Waals surface area contributed by atoms with Gasteiger partial charge in [0.2, 0.25) is 5.89 Å². The third-order valence-corrected chi connectivity index (χ3v) is 4.98. The molecule has 0 aliphatic carbocycles. The summed E-state index contributed by atoms with van der Waals surface area (Å²) in [5, 5.41) is 7.81. The predicted octanol–water partition coefficient (Wildman–Crippen LogP) is 2.99. The molecule has 118 valence electrons. The van der Waals surface area contributed by atoms with Gasteiger partial charge in [-0.25, -0.2) is 0 Å². The second-order valence-electron chi connectivity index (χ2n) is 6.46. The van der Waals surface area contributed by atoms with Gasteiger partial charge in [0, 0.05) is 6.04 Å². The van der Waals surface area contributed by atoms with E-state index in [-0.39, 0.29) is 5.92 Å². The van der Waals surface area contributed by atoms with Crippen molar-refractivity contribution in [3.63, 3.8) is 0 Å². The Morgan fingerprint density at radius 1 is 1.33 bits per heavy atom. The monoisotopic (exact) mass is 293 g/mol. The minimum atomic E-state index is 0.252. The Balaban J connectivity index is 1.66. The highest BCUT2D eigenvalue weighted by Crippen LogP contribution is 2.43. The fourth-order valence-corrected chi connectivity index (χ4v) is 3.67. The summed E-state index contributed by atoms with van der Waals surface area (Å²) in [6.45, 7) is 7.59. The van der Waals surface area contributed by atoms with Crippen molar-refractivity contribution in [3.8, 4) is 0 Å². The predicted molar refractivity (Wildman–Crippen MR) is 80.3 cm³/mol. The smallest absolute Gasteiger partial charge is 0.231 e. The van der Waals surface area contributed by atoms with Crippen LogP contribution in [0.25, 0.3) is 0 Å². The minimum absolute atomic E-state index is 0.252. The normalized spacial score (nSPS) is 30.7. The lowest BCUT2D eigenvalue weighted by Gasteiger charge is -2.21. The van der Waals surface area contributed by atoms with Crippen LogP contribution in [-0.4, -0.2) is 34.9 Å². The lowest BCUT2D eigenvalue weighted by Crippen LogP contribution is -2.34. The third-order valence-electron chi connectivity index (χ3n) is 4.98. The first-order chi connectivity index (χ1) is 10.2. The van der Waals surface area contributed by atoms with E-state index in [2.05, 4.69) is 31.2 Å². The SMILES string of the molecule is CCCNC(CC)C(C)c1nc(C2CC3CCC2O3)no1. The van der Waals surface area contributed by atoms with Crippen LogP contribution >= 0.6 is 0 Å². The Bertz CT molecular complexity index is 462. The number of nitrogens with zero attached hydrogens (tertiary/aromatic N) is 2. The lowest BCUT2D eigenvalue weighted by atomic mass is 9.89. The Morgan fingerprint density at radius 2 is 2.19 bits per heavy atom. The summed E-state index contributed by atoms with van der Waals surface area (Å²) in [7, 11) is 0. The van der Waals surface area contributed by atoms with Gasteiger partial charge in [-0.2, -0.15) is 4.98 Å². The van der Waals surface area contributed by atoms with E-state index in [4.69, 9.17) is 14.2 Å². The molecule has 2 bridgehead atoms. The first kappa shape index (κ1) is 15.0. The van der Waals surface area contributed by atoms with Gasteiger partial charge in [0.05, 0.1) is 24.0 Å². The number of ether oxygens (including phenoxy) is 1. The molecule has 0 saturated carbocycles. The quantitative estimate of drug-likeness (QED) is 0.837. The molecule has 1 N–H and O–H groups in total. The zero-order chi connectivity index (χ0) is 14.8. The van der Waals surface area contributed by atoms with E-state index >= 15 is 0 Å². The summed E-state index contributed by atoms with van der Waals surface area (Å²) in [5.74, 6) is 2.22. The highest BCUT2D eigenvalue weighted by atomic mass is 16.5. The Labute approximate surface area is 126 Å². The molecular weight excluding hydrogens is 266 g/mol. The number of hydrogen-bond acceptors (Lipinski definition) is 5. The zero-order valence-corrected chi connectivity index (χ0v) is 13.3. The van der Waals surface area contributed by atoms with Gasteiger partial charge in [-0.3, -0.25) is 0 Å². The van der Waals surface area contributed by atoms with E-state index in [1.807, 2.05) is 0 Å². The summed E-state index contributed by atoms with van der Waals surface area (Å²) < 4.78 is 11.4. The van der Waals surface area contributed by atoms with E-state index in [1.54, 1.807) is 0 Å². The highest BCUT2D eigenvalue weighted by molar-refractivity contribution is 5.08. The summed E-state index contributed by atoms with van der Waals surface area (Å²) in [6.07, 6.45) is 6.34. The number of hydrogen-bond donors (Lipinski definition) is 1. The minimum Gasteiger partial charge on any atom is -0.374 e. The molecule has 3 rings (SSSR count). The maximum atomic E-state index is 5.90. The molecule has 2 saturated heterocycles. The van der Waals surface area contributed by atoms with E-state index in [0.29, 0.717) is 24.2 Å². The molecule has 5 nitrogen and oxygen atoms in total. The van der Waals surface area contributed by atoms with Crippen LogP contribution in [0, 0.1) is 0 Å². The first-order valence-corrected chi connectivity index (χ1v) is 8.45. The van der Waals surface area contributed by atoms with Crippen molar-refractivity contribution in [2.24, 2.45) is 0 Å². The van der Waals surface area contributed by atoms with Crippen LogP contribution in [0.15, 0.2) is 4.52 Å². The molecule has 0 spiro atoms. The zero-order valence-electron chi connectivity index (χ0n) is 13.3. The summed E-state index contributed by atoms with van der Waals surface area (Å²) >= 11 is 0. The number of aromatic nitrogens is 2. The molecule has 5 atom stereocenters. The molecule has 2 aliphatic rings. The molecule has 1 aromatic rings. The van der Waals surface area contributed by atoms with Crippen molar-refractivity contribution in [1.29, 1.82) is 0 Å². The van der Waals surface area contributed by atoms with Crippen LogP contribution in [0.2, 0.25) is 0 Å². The third kappa shape index (κ3) is 2.99. The van der Waals surface area contributed by atoms with E-state index in [9.17, 15) is 0 Å². The van der Waals surface area contributed by atoms with Crippen molar-refractivity contribution in [2.45, 2.75) is 83.0 Å². The second-order valence-corrected chi connectivity index (χ2v) is 6.46. The molecule has 5 unspecified atom stereocenters. The van der Waals surface area contributed by atoms with Gasteiger partial charge in [-0.05, 0) is 38.6 Å². The van der Waals surface area contributed by atoms with Crippen LogP contribution in [0.3, 0.4) is 0 Å². The van der Waals surface area contributed by atoms with Gasteiger partial charge in [0.25, 0.3) is 0 Å². The Hall–Kier alpha value is -0.940. The molecule has 3 heterocycles. The van der Waals surface area contributed by atoms with Gasteiger partial charge < -0.3 is 14.6 Å². The average molecular weight is 293 g/mol. The van der Waals surface area contributed by atoms with Crippen LogP contribution in [0.4, 0.5) is 0 Å². The number of fused-ring (bicyclic) bond motifs is 2. The van der Waals surface area contributed by atoms with Crippen LogP contribution < -0.4 is 5.32 Å². The van der Waals surface area contributed by atoms with E-state index < -0.39 is 0 Å². The molecule has 5 heteroatoms. The summed E-state index contributed by atoms with van der Waals surface area (Å²) in [4.78, 5) is 4.69. The van der Waals surface area contributed by atoms with Gasteiger partial charge in [0.15, 0.2) is 5.82 Å². The molecule has 0 radical (unpaired) electrons. The molecule has 0 aromatic carbocycles. The van der Waals surface area contributed by atoms with Gasteiger partial charge in [0.1, 0.15) is 0 Å². The highest BCUT2D eigenvalue weighted by Gasteiger charge is 2.43. The number of rotatable bonds is 7. The van der Waals surface area contributed by atoms with Crippen LogP contribution in [-0.2, 0) is 4.74 Å². The van der Waals surface area contributed by atoms with Crippen molar-refractivity contribution < 1.29 is 9.26 Å². The van der Waals surface area contributed by atoms with Crippen LogP contribution in [0.1, 0.15) is 76.4 Å². The Morgan fingerprint density at radius 3 is 2.81 bits per heavy atom. The standard InChI is InChI=1S/C16H27N3O2/c1-4-8-17-13(5-2)10(3)16-18-15(19-21-16)12-9-11-6-7-14(12)20-11/h10-14,17H,4-9H2,1-3H3. The first-order valence-electron chi connectivity index (χ1n) is 8.45. The molecule has 2 aliphatic heterocycles. The Kier molecular flexibility index (Phi) is 4.60. The topological polar surface area (TPSA) is 60.2 Å². The van der Waals surface area contributed by atoms with Crippen molar-refractivity contribution in [1.82, 2.24) is 15.5 Å². The fourth-order valence-electron chi connectivity index (χ4n) is 3.67. The average Bonchev–Trinajstić information content (AvgIpc) is 3.23.